The maximum atomic E-state index is 3.48. The zero-order chi connectivity index (χ0) is 7.84. The van der Waals surface area contributed by atoms with Crippen LogP contribution in [0.15, 0.2) is 22.4 Å². The molecule has 3 rings (SSSR count). The van der Waals surface area contributed by atoms with Crippen LogP contribution < -0.4 is 5.32 Å². The maximum Gasteiger partial charge on any atom is 0.0359 e. The van der Waals surface area contributed by atoms with Gasteiger partial charge in [0.1, 0.15) is 0 Å². The largest absolute Gasteiger partial charge is 0.385 e. The van der Waals surface area contributed by atoms with Crippen molar-refractivity contribution >= 4 is 0 Å². The standard InChI is InChI=1S/C10H15N/c1-7-5-8(2)10-4-3-9(7)6-11-10/h11H,3-6H2,1-2H3. The van der Waals surface area contributed by atoms with E-state index in [4.69, 9.17) is 0 Å². The summed E-state index contributed by atoms with van der Waals surface area (Å²) in [5.74, 6) is 0. The van der Waals surface area contributed by atoms with Crippen LogP contribution in [0.25, 0.3) is 0 Å². The van der Waals surface area contributed by atoms with Crippen molar-refractivity contribution in [1.29, 1.82) is 0 Å². The van der Waals surface area contributed by atoms with E-state index in [1.807, 2.05) is 0 Å². The lowest BCUT2D eigenvalue weighted by Crippen LogP contribution is -2.21. The number of nitrogens with one attached hydrogen (secondary N) is 1. The molecule has 0 unspecified atom stereocenters. The van der Waals surface area contributed by atoms with Crippen molar-refractivity contribution < 1.29 is 0 Å². The molecule has 3 aliphatic rings. The molecule has 0 spiro atoms. The number of rotatable bonds is 0. The molecule has 0 aromatic rings. The second-order valence-corrected chi connectivity index (χ2v) is 3.67. The molecule has 0 aromatic heterocycles. The third kappa shape index (κ3) is 1.09. The lowest BCUT2D eigenvalue weighted by Gasteiger charge is -2.18. The highest BCUT2D eigenvalue weighted by Crippen LogP contribution is 2.30. The van der Waals surface area contributed by atoms with Crippen LogP contribution in [0.5, 0.6) is 0 Å². The Kier molecular flexibility index (Phi) is 1.52. The van der Waals surface area contributed by atoms with Crippen molar-refractivity contribution in [2.24, 2.45) is 0 Å². The van der Waals surface area contributed by atoms with Crippen molar-refractivity contribution in [2.45, 2.75) is 33.1 Å². The predicted molar refractivity (Wildman–Crippen MR) is 47.3 cm³/mol. The van der Waals surface area contributed by atoms with E-state index in [0.717, 1.165) is 6.54 Å². The Morgan fingerprint density at radius 3 is 2.55 bits per heavy atom. The van der Waals surface area contributed by atoms with Crippen LogP contribution in [0, 0.1) is 0 Å². The fourth-order valence-electron chi connectivity index (χ4n) is 2.02. The van der Waals surface area contributed by atoms with E-state index >= 15 is 0 Å². The summed E-state index contributed by atoms with van der Waals surface area (Å²) in [5.41, 5.74) is 6.30. The first-order valence-electron chi connectivity index (χ1n) is 4.37. The van der Waals surface area contributed by atoms with Gasteiger partial charge in [0.25, 0.3) is 0 Å². The minimum absolute atomic E-state index is 1.11. The Bertz CT molecular complexity index is 208. The molecule has 2 aliphatic heterocycles. The molecule has 1 aliphatic carbocycles. The van der Waals surface area contributed by atoms with E-state index in [1.54, 1.807) is 16.7 Å². The summed E-state index contributed by atoms with van der Waals surface area (Å²) in [6, 6.07) is 0. The number of hydrogen-bond acceptors (Lipinski definition) is 1. The van der Waals surface area contributed by atoms with E-state index in [9.17, 15) is 0 Å². The summed E-state index contributed by atoms with van der Waals surface area (Å²) in [6.07, 6.45) is 3.75. The van der Waals surface area contributed by atoms with Crippen LogP contribution in [0.1, 0.15) is 33.1 Å². The lowest BCUT2D eigenvalue weighted by molar-refractivity contribution is 0.694. The van der Waals surface area contributed by atoms with Crippen molar-refractivity contribution in [3.63, 3.8) is 0 Å². The molecule has 1 N–H and O–H groups in total. The van der Waals surface area contributed by atoms with Crippen molar-refractivity contribution in [1.82, 2.24) is 5.32 Å². The van der Waals surface area contributed by atoms with Gasteiger partial charge < -0.3 is 5.32 Å². The number of allylic oxidation sites excluding steroid dienone is 3. The van der Waals surface area contributed by atoms with Crippen LogP contribution in [-0.4, -0.2) is 6.54 Å². The SMILES string of the molecule is CC1=C2CCC(=C(C)C1)NC2. The quantitative estimate of drug-likeness (QED) is 0.521. The van der Waals surface area contributed by atoms with Gasteiger partial charge in [0, 0.05) is 12.2 Å². The van der Waals surface area contributed by atoms with E-state index in [-0.39, 0.29) is 0 Å². The molecular formula is C10H15N. The Morgan fingerprint density at radius 1 is 1.09 bits per heavy atom. The van der Waals surface area contributed by atoms with E-state index in [1.165, 1.54) is 25.0 Å². The third-order valence-corrected chi connectivity index (χ3v) is 2.84. The fourth-order valence-corrected chi connectivity index (χ4v) is 2.02. The van der Waals surface area contributed by atoms with E-state index < -0.39 is 0 Å². The number of fused-ring (bicyclic) bond motifs is 4. The highest BCUT2D eigenvalue weighted by atomic mass is 14.9. The summed E-state index contributed by atoms with van der Waals surface area (Å²) in [7, 11) is 0. The normalized spacial score (nSPS) is 23.8. The van der Waals surface area contributed by atoms with Crippen LogP contribution in [0.3, 0.4) is 0 Å². The highest BCUT2D eigenvalue weighted by molar-refractivity contribution is 5.31. The second kappa shape index (κ2) is 2.40. The van der Waals surface area contributed by atoms with Gasteiger partial charge in [-0.3, -0.25) is 0 Å². The zero-order valence-electron chi connectivity index (χ0n) is 7.33. The van der Waals surface area contributed by atoms with Gasteiger partial charge in [-0.05, 0) is 33.1 Å². The Morgan fingerprint density at radius 2 is 1.91 bits per heavy atom. The fraction of sp³-hybridized carbons (Fsp3) is 0.600. The van der Waals surface area contributed by atoms with Crippen LogP contribution in [-0.2, 0) is 0 Å². The molecule has 2 heterocycles. The maximum absolute atomic E-state index is 3.48. The third-order valence-electron chi connectivity index (χ3n) is 2.84. The van der Waals surface area contributed by atoms with Crippen molar-refractivity contribution in [3.05, 3.63) is 22.4 Å². The number of hydrogen-bond donors (Lipinski definition) is 1. The van der Waals surface area contributed by atoms with Crippen molar-refractivity contribution in [3.8, 4) is 0 Å². The van der Waals surface area contributed by atoms with Gasteiger partial charge >= 0.3 is 0 Å². The van der Waals surface area contributed by atoms with Gasteiger partial charge in [-0.25, -0.2) is 0 Å². The monoisotopic (exact) mass is 149 g/mol. The average Bonchev–Trinajstić information content (AvgIpc) is 2.22. The summed E-state index contributed by atoms with van der Waals surface area (Å²) in [6.45, 7) is 5.63. The molecule has 0 radical (unpaired) electrons. The van der Waals surface area contributed by atoms with Crippen molar-refractivity contribution in [2.75, 3.05) is 6.54 Å². The smallest absolute Gasteiger partial charge is 0.0359 e. The molecule has 0 aromatic carbocycles. The minimum Gasteiger partial charge on any atom is -0.385 e. The lowest BCUT2D eigenvalue weighted by atomic mass is 10.0. The molecule has 1 saturated heterocycles. The van der Waals surface area contributed by atoms with Gasteiger partial charge in [-0.2, -0.15) is 0 Å². The minimum atomic E-state index is 1.11. The summed E-state index contributed by atoms with van der Waals surface area (Å²) >= 11 is 0. The first kappa shape index (κ1) is 6.96. The van der Waals surface area contributed by atoms with Gasteiger partial charge in [0.05, 0.1) is 0 Å². The molecule has 1 heteroatoms. The topological polar surface area (TPSA) is 12.0 Å². The predicted octanol–water partition coefficient (Wildman–Crippen LogP) is 2.36. The average molecular weight is 149 g/mol. The summed E-state index contributed by atoms with van der Waals surface area (Å²) < 4.78 is 0. The molecule has 60 valence electrons. The Balaban J connectivity index is 2.41. The van der Waals surface area contributed by atoms with Gasteiger partial charge in [-0.15, -0.1) is 0 Å². The summed E-state index contributed by atoms with van der Waals surface area (Å²) in [5, 5.41) is 3.48. The molecular weight excluding hydrogens is 134 g/mol. The number of piperidine rings is 1. The molecule has 0 atom stereocenters. The van der Waals surface area contributed by atoms with Crippen LogP contribution in [0.4, 0.5) is 0 Å². The first-order chi connectivity index (χ1) is 5.27. The molecule has 1 fully saturated rings. The van der Waals surface area contributed by atoms with Crippen LogP contribution >= 0.6 is 0 Å². The Labute approximate surface area is 68.2 Å². The molecule has 0 saturated carbocycles. The van der Waals surface area contributed by atoms with Gasteiger partial charge in [-0.1, -0.05) is 16.7 Å². The Hall–Kier alpha value is -0.720. The molecule has 0 amide bonds. The molecule has 11 heavy (non-hydrogen) atoms. The first-order valence-corrected chi connectivity index (χ1v) is 4.37. The summed E-state index contributed by atoms with van der Waals surface area (Å²) in [4.78, 5) is 0. The van der Waals surface area contributed by atoms with E-state index in [2.05, 4.69) is 19.2 Å². The van der Waals surface area contributed by atoms with Gasteiger partial charge in [0.15, 0.2) is 0 Å². The zero-order valence-corrected chi connectivity index (χ0v) is 7.33. The second-order valence-electron chi connectivity index (χ2n) is 3.67. The molecule has 2 bridgehead atoms. The van der Waals surface area contributed by atoms with Crippen LogP contribution in [0.2, 0.25) is 0 Å². The highest BCUT2D eigenvalue weighted by Gasteiger charge is 2.17. The van der Waals surface area contributed by atoms with Gasteiger partial charge in [0.2, 0.25) is 0 Å². The van der Waals surface area contributed by atoms with E-state index in [0.29, 0.717) is 0 Å². The molecule has 1 nitrogen and oxygen atoms in total.